The van der Waals surface area contributed by atoms with Crippen molar-refractivity contribution in [3.63, 3.8) is 0 Å². The van der Waals surface area contributed by atoms with Gasteiger partial charge in [-0.15, -0.1) is 0 Å². The first-order valence-electron chi connectivity index (χ1n) is 22.2. The SMILES string of the molecule is O=C(CO)Nc1ccc(C(=O)OCC(=O)OCC(COC(=O)COC(=O)c2ccc(NC(=O)CO)cc2)(COC(=O)COC(=O)c2ccc(NC(=O)CO)cc2)COC(=O)COC(=O)c2ccc(NC(=O)CO)cc2)cc1. The Labute approximate surface area is 434 Å². The monoisotopic (exact) mass is 1080 g/mol. The molecule has 0 aliphatic carbocycles. The van der Waals surface area contributed by atoms with E-state index >= 15 is 0 Å². The molecule has 4 aromatic rings. The van der Waals surface area contributed by atoms with Crippen LogP contribution in [0.4, 0.5) is 22.7 Å². The predicted octanol–water partition coefficient (Wildman–Crippen LogP) is -0.703. The summed E-state index contributed by atoms with van der Waals surface area (Å²) in [5, 5.41) is 45.2. The first kappa shape index (κ1) is 59.9. The van der Waals surface area contributed by atoms with Crippen LogP contribution in [0.1, 0.15) is 41.4 Å². The van der Waals surface area contributed by atoms with Gasteiger partial charge in [-0.3, -0.25) is 19.2 Å². The number of esters is 8. The number of aliphatic hydroxyl groups is 4. The summed E-state index contributed by atoms with van der Waals surface area (Å²) >= 11 is 0. The number of carbonyl (C=O) groups excluding carboxylic acids is 12. The molecule has 28 heteroatoms. The normalized spacial score (nSPS) is 10.5. The summed E-state index contributed by atoms with van der Waals surface area (Å²) in [4.78, 5) is 149. The molecule has 0 spiro atoms. The predicted molar refractivity (Wildman–Crippen MR) is 256 cm³/mol. The van der Waals surface area contributed by atoms with Crippen molar-refractivity contribution in [2.75, 3.05) is 101 Å². The Morgan fingerprint density at radius 2 is 0.481 bits per heavy atom. The third-order valence-corrected chi connectivity index (χ3v) is 9.63. The highest BCUT2D eigenvalue weighted by atomic mass is 16.6. The number of carbonyl (C=O) groups is 12. The van der Waals surface area contributed by atoms with Crippen LogP contribution in [0.25, 0.3) is 0 Å². The van der Waals surface area contributed by atoms with Gasteiger partial charge in [0, 0.05) is 22.7 Å². The van der Waals surface area contributed by atoms with E-state index in [9.17, 15) is 57.5 Å². The minimum atomic E-state index is -2.13. The molecule has 408 valence electrons. The smallest absolute Gasteiger partial charge is 0.344 e. The van der Waals surface area contributed by atoms with Crippen LogP contribution in [0.15, 0.2) is 97.1 Å². The molecular formula is C49H48N4O24. The third kappa shape index (κ3) is 21.0. The van der Waals surface area contributed by atoms with Gasteiger partial charge >= 0.3 is 47.8 Å². The van der Waals surface area contributed by atoms with Crippen LogP contribution in [-0.4, -0.2) is 171 Å². The molecule has 0 saturated heterocycles. The average molecular weight is 1080 g/mol. The Hall–Kier alpha value is -9.64. The number of ether oxygens (including phenoxy) is 8. The molecule has 4 rings (SSSR count). The molecule has 28 nitrogen and oxygen atoms in total. The molecule has 4 amide bonds. The van der Waals surface area contributed by atoms with E-state index in [4.69, 9.17) is 58.3 Å². The van der Waals surface area contributed by atoms with Gasteiger partial charge in [0.25, 0.3) is 0 Å². The molecule has 0 fully saturated rings. The van der Waals surface area contributed by atoms with E-state index in [1.54, 1.807) is 0 Å². The number of aliphatic hydroxyl groups excluding tert-OH is 4. The van der Waals surface area contributed by atoms with E-state index in [0.29, 0.717) is 0 Å². The largest absolute Gasteiger partial charge is 0.462 e. The first-order valence-corrected chi connectivity index (χ1v) is 22.2. The molecule has 0 radical (unpaired) electrons. The molecule has 0 bridgehead atoms. The zero-order valence-corrected chi connectivity index (χ0v) is 40.2. The molecule has 0 aromatic heterocycles. The minimum Gasteiger partial charge on any atom is -0.462 e. The summed E-state index contributed by atoms with van der Waals surface area (Å²) < 4.78 is 41.4. The van der Waals surface area contributed by atoms with E-state index in [0.717, 1.165) is 0 Å². The van der Waals surface area contributed by atoms with E-state index in [1.165, 1.54) is 97.1 Å². The van der Waals surface area contributed by atoms with E-state index in [2.05, 4.69) is 21.3 Å². The summed E-state index contributed by atoms with van der Waals surface area (Å²) in [5.74, 6) is -12.3. The molecule has 0 heterocycles. The zero-order chi connectivity index (χ0) is 56.3. The Balaban J connectivity index is 1.52. The Morgan fingerprint density at radius 3 is 0.649 bits per heavy atom. The van der Waals surface area contributed by atoms with Crippen molar-refractivity contribution in [1.82, 2.24) is 0 Å². The maximum atomic E-state index is 13.1. The highest BCUT2D eigenvalue weighted by Gasteiger charge is 2.39. The van der Waals surface area contributed by atoms with E-state index in [-0.39, 0.29) is 45.0 Å². The minimum absolute atomic E-state index is 0.0994. The molecule has 0 unspecified atom stereocenters. The summed E-state index contributed by atoms with van der Waals surface area (Å²) in [6, 6.07) is 20.2. The Morgan fingerprint density at radius 1 is 0.299 bits per heavy atom. The third-order valence-electron chi connectivity index (χ3n) is 9.63. The van der Waals surface area contributed by atoms with Gasteiger partial charge < -0.3 is 79.6 Å². The maximum absolute atomic E-state index is 13.1. The highest BCUT2D eigenvalue weighted by Crippen LogP contribution is 2.23. The summed E-state index contributed by atoms with van der Waals surface area (Å²) in [6.45, 7) is -11.5. The number of hydrogen-bond donors (Lipinski definition) is 8. The number of benzene rings is 4. The van der Waals surface area contributed by atoms with Gasteiger partial charge in [0.2, 0.25) is 23.6 Å². The summed E-state index contributed by atoms with van der Waals surface area (Å²) in [7, 11) is 0. The van der Waals surface area contributed by atoms with Crippen LogP contribution in [0.3, 0.4) is 0 Å². The van der Waals surface area contributed by atoms with Crippen LogP contribution in [0.5, 0.6) is 0 Å². The second kappa shape index (κ2) is 30.5. The molecule has 8 N–H and O–H groups in total. The standard InChI is InChI=1S/C49H48N4O24/c54-17-37(58)50-33-9-1-29(2-10-33)45(66)70-21-41(62)74-25-49(26-75-42(63)22-71-46(67)30-3-11-34(12-4-30)51-38(59)18-55,27-76-43(64)23-72-47(68)31-5-13-35(14-6-31)52-39(60)19-56)28-77-44(65)24-73-48(69)32-7-15-36(16-8-32)53-40(61)20-57/h1-16,54-57H,17-28H2,(H,50,58)(H,51,59)(H,52,60)(H,53,61). The van der Waals surface area contributed by atoms with Crippen LogP contribution in [0.2, 0.25) is 0 Å². The number of rotatable bonds is 28. The lowest BCUT2D eigenvalue weighted by molar-refractivity contribution is -0.174. The van der Waals surface area contributed by atoms with E-state index < -0.39 is 156 Å². The van der Waals surface area contributed by atoms with Crippen molar-refractivity contribution in [3.8, 4) is 0 Å². The molecule has 4 aromatic carbocycles. The first-order chi connectivity index (χ1) is 36.8. The van der Waals surface area contributed by atoms with Crippen LogP contribution in [-0.2, 0) is 76.3 Å². The van der Waals surface area contributed by atoms with Crippen molar-refractivity contribution in [1.29, 1.82) is 0 Å². The van der Waals surface area contributed by atoms with Crippen molar-refractivity contribution < 1.29 is 116 Å². The lowest BCUT2D eigenvalue weighted by atomic mass is 9.92. The Kier molecular flexibility index (Phi) is 23.8. The Bertz CT molecular complexity index is 2380. The van der Waals surface area contributed by atoms with Gasteiger partial charge in [-0.2, -0.15) is 0 Å². The maximum Gasteiger partial charge on any atom is 0.344 e. The molecule has 0 saturated carbocycles. The highest BCUT2D eigenvalue weighted by molar-refractivity contribution is 5.97. The van der Waals surface area contributed by atoms with Gasteiger partial charge in [0.05, 0.1) is 22.3 Å². The van der Waals surface area contributed by atoms with Crippen LogP contribution < -0.4 is 21.3 Å². The van der Waals surface area contributed by atoms with Crippen molar-refractivity contribution in [3.05, 3.63) is 119 Å². The molecule has 0 atom stereocenters. The average Bonchev–Trinajstić information content (AvgIpc) is 3.44. The van der Waals surface area contributed by atoms with Crippen molar-refractivity contribution >= 4 is 94.1 Å². The lowest BCUT2D eigenvalue weighted by Gasteiger charge is -2.31. The fourth-order valence-electron chi connectivity index (χ4n) is 5.74. The number of anilines is 4. The van der Waals surface area contributed by atoms with Gasteiger partial charge in [-0.1, -0.05) is 0 Å². The quantitative estimate of drug-likeness (QED) is 0.0257. The van der Waals surface area contributed by atoms with Crippen LogP contribution >= 0.6 is 0 Å². The van der Waals surface area contributed by atoms with Crippen molar-refractivity contribution in [2.45, 2.75) is 0 Å². The zero-order valence-electron chi connectivity index (χ0n) is 40.2. The van der Waals surface area contributed by atoms with E-state index in [1.807, 2.05) is 0 Å². The number of nitrogens with one attached hydrogen (secondary N) is 4. The molecule has 0 aliphatic rings. The van der Waals surface area contributed by atoms with Gasteiger partial charge in [-0.05, 0) is 97.1 Å². The van der Waals surface area contributed by atoms with Gasteiger partial charge in [-0.25, -0.2) is 38.4 Å². The van der Waals surface area contributed by atoms with Crippen molar-refractivity contribution in [2.24, 2.45) is 5.41 Å². The summed E-state index contributed by atoms with van der Waals surface area (Å²) in [6.07, 6.45) is 0. The molecular weight excluding hydrogens is 1030 g/mol. The second-order valence-corrected chi connectivity index (χ2v) is 15.6. The second-order valence-electron chi connectivity index (χ2n) is 15.6. The topological polar surface area (TPSA) is 408 Å². The summed E-state index contributed by atoms with van der Waals surface area (Å²) in [5.41, 5.74) is -1.69. The number of amides is 4. The molecule has 77 heavy (non-hydrogen) atoms. The van der Waals surface area contributed by atoms with Gasteiger partial charge in [0.1, 0.15) is 58.3 Å². The fraction of sp³-hybridized carbons (Fsp3) is 0.265. The number of hydrogen-bond acceptors (Lipinski definition) is 24. The molecule has 0 aliphatic heterocycles. The van der Waals surface area contributed by atoms with Gasteiger partial charge in [0.15, 0.2) is 26.4 Å². The lowest BCUT2D eigenvalue weighted by Crippen LogP contribution is -2.45. The fourth-order valence-corrected chi connectivity index (χ4v) is 5.74. The van der Waals surface area contributed by atoms with Crippen LogP contribution in [0, 0.1) is 5.41 Å².